The lowest BCUT2D eigenvalue weighted by Gasteiger charge is -2.35. The molecule has 0 saturated heterocycles. The molecule has 1 N–H and O–H groups in total. The lowest BCUT2D eigenvalue weighted by molar-refractivity contribution is -0.122. The van der Waals surface area contributed by atoms with Crippen LogP contribution >= 0.6 is 0 Å². The van der Waals surface area contributed by atoms with Gasteiger partial charge in [0.2, 0.25) is 5.91 Å². The van der Waals surface area contributed by atoms with Crippen molar-refractivity contribution in [3.05, 3.63) is 29.8 Å². The van der Waals surface area contributed by atoms with Crippen molar-refractivity contribution in [3.63, 3.8) is 0 Å². The Bertz CT molecular complexity index is 627. The smallest absolute Gasteiger partial charge is 0.224 e. The Kier molecular flexibility index (Phi) is 5.84. The van der Waals surface area contributed by atoms with Crippen LogP contribution in [0.3, 0.4) is 0 Å². The average molecular weight is 337 g/mol. The molecule has 4 nitrogen and oxygen atoms in total. The van der Waals surface area contributed by atoms with Crippen molar-refractivity contribution >= 4 is 15.7 Å². The third-order valence-corrected chi connectivity index (χ3v) is 6.65. The minimum absolute atomic E-state index is 0.0155. The van der Waals surface area contributed by atoms with Crippen LogP contribution in [-0.2, 0) is 21.1 Å². The minimum Gasteiger partial charge on any atom is -0.353 e. The lowest BCUT2D eigenvalue weighted by Crippen LogP contribution is -2.46. The summed E-state index contributed by atoms with van der Waals surface area (Å²) in [6.07, 6.45) is 3.86. The molecular formula is C18H27NO3S. The molecule has 1 aliphatic rings. The average Bonchev–Trinajstić information content (AvgIpc) is 2.51. The van der Waals surface area contributed by atoms with Crippen molar-refractivity contribution in [2.24, 2.45) is 11.8 Å². The number of carbonyl (C=O) groups is 1. The maximum absolute atomic E-state index is 12.3. The summed E-state index contributed by atoms with van der Waals surface area (Å²) in [5.74, 6) is 1.13. The zero-order chi connectivity index (χ0) is 17.0. The summed E-state index contributed by atoms with van der Waals surface area (Å²) in [4.78, 5) is 12.6. The zero-order valence-corrected chi connectivity index (χ0v) is 15.0. The van der Waals surface area contributed by atoms with Gasteiger partial charge in [0.1, 0.15) is 0 Å². The summed E-state index contributed by atoms with van der Waals surface area (Å²) in [5.41, 5.74) is 0.841. The first-order valence-electron chi connectivity index (χ1n) is 8.44. The van der Waals surface area contributed by atoms with Crippen LogP contribution in [0.15, 0.2) is 29.2 Å². The van der Waals surface area contributed by atoms with Gasteiger partial charge in [0.25, 0.3) is 0 Å². The van der Waals surface area contributed by atoms with Crippen LogP contribution in [0.2, 0.25) is 0 Å². The van der Waals surface area contributed by atoms with Crippen LogP contribution in [0.25, 0.3) is 0 Å². The minimum atomic E-state index is -3.18. The quantitative estimate of drug-likeness (QED) is 0.898. The van der Waals surface area contributed by atoms with Gasteiger partial charge in [-0.2, -0.15) is 0 Å². The first kappa shape index (κ1) is 18.0. The maximum Gasteiger partial charge on any atom is 0.224 e. The largest absolute Gasteiger partial charge is 0.353 e. The fraction of sp³-hybridized carbons (Fsp3) is 0.611. The molecular weight excluding hydrogens is 310 g/mol. The van der Waals surface area contributed by atoms with Gasteiger partial charge >= 0.3 is 0 Å². The Hall–Kier alpha value is -1.36. The summed E-state index contributed by atoms with van der Waals surface area (Å²) in [6.45, 7) is 6.03. The highest BCUT2D eigenvalue weighted by atomic mass is 32.2. The van der Waals surface area contributed by atoms with Crippen LogP contribution in [0, 0.1) is 11.8 Å². The summed E-state index contributed by atoms with van der Waals surface area (Å²) >= 11 is 0. The highest BCUT2D eigenvalue weighted by Gasteiger charge is 2.28. The molecule has 2 rings (SSSR count). The second kappa shape index (κ2) is 7.47. The van der Waals surface area contributed by atoms with Crippen LogP contribution in [0.1, 0.15) is 45.6 Å². The molecule has 2 unspecified atom stereocenters. The molecule has 0 aromatic heterocycles. The zero-order valence-electron chi connectivity index (χ0n) is 14.2. The molecule has 1 aliphatic carbocycles. The van der Waals surface area contributed by atoms with Gasteiger partial charge in [0.05, 0.1) is 17.1 Å². The van der Waals surface area contributed by atoms with Gasteiger partial charge in [-0.05, 0) is 42.4 Å². The van der Waals surface area contributed by atoms with E-state index in [0.29, 0.717) is 23.2 Å². The number of benzene rings is 1. The van der Waals surface area contributed by atoms with Crippen LogP contribution in [0.5, 0.6) is 0 Å². The van der Waals surface area contributed by atoms with Gasteiger partial charge in [0, 0.05) is 6.04 Å². The third kappa shape index (κ3) is 4.56. The van der Waals surface area contributed by atoms with Crippen LogP contribution < -0.4 is 5.32 Å². The number of hydrogen-bond donors (Lipinski definition) is 1. The van der Waals surface area contributed by atoms with E-state index in [1.54, 1.807) is 31.2 Å². The number of nitrogens with one attached hydrogen (secondary N) is 1. The predicted molar refractivity (Wildman–Crippen MR) is 92.0 cm³/mol. The second-order valence-corrected chi connectivity index (χ2v) is 8.98. The molecule has 1 aromatic carbocycles. The number of carbonyl (C=O) groups excluding carboxylic acids is 1. The van der Waals surface area contributed by atoms with Crippen molar-refractivity contribution in [1.29, 1.82) is 0 Å². The van der Waals surface area contributed by atoms with Gasteiger partial charge in [-0.1, -0.05) is 39.3 Å². The third-order valence-electron chi connectivity index (χ3n) is 4.90. The monoisotopic (exact) mass is 337 g/mol. The van der Waals surface area contributed by atoms with Crippen molar-refractivity contribution in [3.8, 4) is 0 Å². The maximum atomic E-state index is 12.3. The number of rotatable bonds is 5. The second-order valence-electron chi connectivity index (χ2n) is 6.70. The van der Waals surface area contributed by atoms with Crippen molar-refractivity contribution in [1.82, 2.24) is 5.32 Å². The fourth-order valence-corrected chi connectivity index (χ4v) is 4.25. The normalized spacial score (nSPS) is 25.1. The highest BCUT2D eigenvalue weighted by Crippen LogP contribution is 2.28. The first-order chi connectivity index (χ1) is 10.8. The van der Waals surface area contributed by atoms with Gasteiger partial charge in [-0.25, -0.2) is 8.42 Å². The Morgan fingerprint density at radius 1 is 1.13 bits per heavy atom. The molecule has 1 amide bonds. The van der Waals surface area contributed by atoms with E-state index in [4.69, 9.17) is 0 Å². The highest BCUT2D eigenvalue weighted by molar-refractivity contribution is 7.91. The molecule has 1 saturated carbocycles. The molecule has 0 heterocycles. The van der Waals surface area contributed by atoms with E-state index >= 15 is 0 Å². The van der Waals surface area contributed by atoms with Gasteiger partial charge in [-0.15, -0.1) is 0 Å². The number of sulfone groups is 1. The summed E-state index contributed by atoms with van der Waals surface area (Å²) < 4.78 is 23.6. The van der Waals surface area contributed by atoms with E-state index in [0.717, 1.165) is 5.56 Å². The van der Waals surface area contributed by atoms with Crippen molar-refractivity contribution in [2.75, 3.05) is 5.75 Å². The van der Waals surface area contributed by atoms with E-state index < -0.39 is 9.84 Å². The standard InChI is InChI=1S/C18H27NO3S/c1-4-23(21,22)16-10-8-15(9-11-16)12-17(20)19-18-13(2)6-5-7-14(18)3/h8-11,13-14,18H,4-7,12H2,1-3H3,(H,19,20). The molecule has 0 aliphatic heterocycles. The van der Waals surface area contributed by atoms with E-state index in [9.17, 15) is 13.2 Å². The Morgan fingerprint density at radius 2 is 1.70 bits per heavy atom. The lowest BCUT2D eigenvalue weighted by atomic mass is 9.78. The molecule has 0 spiro atoms. The Labute approximate surface area is 139 Å². The predicted octanol–water partition coefficient (Wildman–Crippen LogP) is 2.96. The topological polar surface area (TPSA) is 63.2 Å². The molecule has 1 aromatic rings. The number of amides is 1. The molecule has 2 atom stereocenters. The molecule has 128 valence electrons. The first-order valence-corrected chi connectivity index (χ1v) is 10.1. The van der Waals surface area contributed by atoms with E-state index in [-0.39, 0.29) is 17.7 Å². The number of hydrogen-bond acceptors (Lipinski definition) is 3. The fourth-order valence-electron chi connectivity index (χ4n) is 3.37. The molecule has 23 heavy (non-hydrogen) atoms. The van der Waals surface area contributed by atoms with E-state index in [1.165, 1.54) is 19.3 Å². The van der Waals surface area contributed by atoms with Crippen molar-refractivity contribution in [2.45, 2.75) is 57.4 Å². The van der Waals surface area contributed by atoms with Gasteiger partial charge in [0.15, 0.2) is 9.84 Å². The Balaban J connectivity index is 1.98. The molecule has 5 heteroatoms. The SMILES string of the molecule is CCS(=O)(=O)c1ccc(CC(=O)NC2C(C)CCCC2C)cc1. The molecule has 0 bridgehead atoms. The van der Waals surface area contributed by atoms with Crippen molar-refractivity contribution < 1.29 is 13.2 Å². The van der Waals surface area contributed by atoms with Gasteiger partial charge in [-0.3, -0.25) is 4.79 Å². The van der Waals surface area contributed by atoms with E-state index in [1.807, 2.05) is 0 Å². The van der Waals surface area contributed by atoms with E-state index in [2.05, 4.69) is 19.2 Å². The summed E-state index contributed by atoms with van der Waals surface area (Å²) in [5, 5.41) is 3.17. The Morgan fingerprint density at radius 3 is 2.22 bits per heavy atom. The summed E-state index contributed by atoms with van der Waals surface area (Å²) in [7, 11) is -3.18. The summed E-state index contributed by atoms with van der Waals surface area (Å²) in [6, 6.07) is 6.89. The molecule has 1 fully saturated rings. The molecule has 0 radical (unpaired) electrons. The van der Waals surface area contributed by atoms with Crippen LogP contribution in [0.4, 0.5) is 0 Å². The van der Waals surface area contributed by atoms with Gasteiger partial charge < -0.3 is 5.32 Å². The van der Waals surface area contributed by atoms with Crippen LogP contribution in [-0.4, -0.2) is 26.1 Å².